The highest BCUT2D eigenvalue weighted by atomic mass is 127. The average Bonchev–Trinajstić information content (AvgIpc) is 3.08. The van der Waals surface area contributed by atoms with Crippen LogP contribution in [-0.4, -0.2) is 11.1 Å². The summed E-state index contributed by atoms with van der Waals surface area (Å²) in [6.45, 7) is 0. The lowest BCUT2D eigenvalue weighted by Crippen LogP contribution is -2.34. The molecule has 1 atom stereocenters. The van der Waals surface area contributed by atoms with Gasteiger partial charge in [0.2, 0.25) is 0 Å². The number of ether oxygens (including phenoxy) is 2. The number of benzene rings is 3. The molecular formula is C20H3Cl4I4O5-. The van der Waals surface area contributed by atoms with Crippen LogP contribution in [0.4, 0.5) is 0 Å². The van der Waals surface area contributed by atoms with Crippen LogP contribution in [0, 0.1) is 14.3 Å². The molecule has 0 fully saturated rings. The molecule has 2 aliphatic heterocycles. The lowest BCUT2D eigenvalue weighted by atomic mass is 9.77. The van der Waals surface area contributed by atoms with Crippen LogP contribution < -0.4 is 9.84 Å². The third kappa shape index (κ3) is 3.34. The Morgan fingerprint density at radius 1 is 0.848 bits per heavy atom. The highest BCUT2D eigenvalue weighted by molar-refractivity contribution is 14.1. The first kappa shape index (κ1) is 25.3. The van der Waals surface area contributed by atoms with E-state index in [4.69, 9.17) is 55.9 Å². The lowest BCUT2D eigenvalue weighted by Gasteiger charge is -2.39. The zero-order chi connectivity index (χ0) is 24.1. The quantitative estimate of drug-likeness (QED) is 0.107. The van der Waals surface area contributed by atoms with E-state index in [0.717, 1.165) is 0 Å². The molecule has 13 heteroatoms. The topological polar surface area (TPSA) is 78.8 Å². The Kier molecular flexibility index (Phi) is 6.57. The van der Waals surface area contributed by atoms with E-state index in [-0.39, 0.29) is 57.8 Å². The molecule has 0 aromatic heterocycles. The summed E-state index contributed by atoms with van der Waals surface area (Å²) in [6, 6.07) is 3.22. The van der Waals surface area contributed by atoms with Crippen molar-refractivity contribution in [2.75, 3.05) is 0 Å². The van der Waals surface area contributed by atoms with Crippen LogP contribution in [0.5, 0.6) is 23.0 Å². The van der Waals surface area contributed by atoms with Crippen molar-refractivity contribution in [2.45, 2.75) is 5.60 Å². The van der Waals surface area contributed by atoms with Gasteiger partial charge in [0.15, 0.2) is 11.4 Å². The summed E-state index contributed by atoms with van der Waals surface area (Å²) in [6.07, 6.45) is 0. The molecule has 0 radical (unpaired) electrons. The number of carbonyl (C=O) groups excluding carboxylic acids is 1. The number of hydrogen-bond donors (Lipinski definition) is 1. The summed E-state index contributed by atoms with van der Waals surface area (Å²) in [7, 11) is 0. The highest BCUT2D eigenvalue weighted by Crippen LogP contribution is 2.63. The Hall–Kier alpha value is 0.610. The summed E-state index contributed by atoms with van der Waals surface area (Å²) in [5, 5.41) is 23.1. The minimum absolute atomic E-state index is 0.0139. The molecule has 1 spiro atoms. The SMILES string of the molecule is O=C1OC2(c3cc(I)c([O-])c(I)c3Oc3c2cc(I)c(O)c3I)c2c(Cl)c(Cl)c(Cl)c(Cl)c21. The molecular weight excluding hydrogens is 970 g/mol. The number of phenols is 1. The maximum atomic E-state index is 13.2. The van der Waals surface area contributed by atoms with Gasteiger partial charge in [0.25, 0.3) is 0 Å². The number of halogens is 8. The van der Waals surface area contributed by atoms with Crippen LogP contribution in [0.15, 0.2) is 12.1 Å². The van der Waals surface area contributed by atoms with Gasteiger partial charge in [0.1, 0.15) is 11.5 Å². The van der Waals surface area contributed by atoms with E-state index >= 15 is 0 Å². The van der Waals surface area contributed by atoms with Gasteiger partial charge in [0.05, 0.1) is 38.4 Å². The maximum absolute atomic E-state index is 13.2. The fourth-order valence-electron chi connectivity index (χ4n) is 3.92. The zero-order valence-electron chi connectivity index (χ0n) is 15.3. The predicted octanol–water partition coefficient (Wildman–Crippen LogP) is 8.07. The minimum Gasteiger partial charge on any atom is -0.871 e. The van der Waals surface area contributed by atoms with Crippen molar-refractivity contribution in [3.05, 3.63) is 68.8 Å². The first-order valence-electron chi connectivity index (χ1n) is 8.61. The third-order valence-corrected chi connectivity index (χ3v) is 10.7. The van der Waals surface area contributed by atoms with Gasteiger partial charge in [-0.3, -0.25) is 0 Å². The lowest BCUT2D eigenvalue weighted by molar-refractivity contribution is -0.271. The first-order valence-corrected chi connectivity index (χ1v) is 14.4. The molecule has 0 amide bonds. The number of aromatic hydroxyl groups is 1. The molecule has 170 valence electrons. The Morgan fingerprint density at radius 2 is 1.39 bits per heavy atom. The van der Waals surface area contributed by atoms with Crippen molar-refractivity contribution in [3.63, 3.8) is 0 Å². The summed E-state index contributed by atoms with van der Waals surface area (Å²) in [5.74, 6) is -0.617. The molecule has 2 aliphatic rings. The van der Waals surface area contributed by atoms with Crippen LogP contribution in [0.1, 0.15) is 27.0 Å². The van der Waals surface area contributed by atoms with E-state index in [1.54, 1.807) is 12.1 Å². The maximum Gasteiger partial charge on any atom is 0.341 e. The van der Waals surface area contributed by atoms with Gasteiger partial charge in [0, 0.05) is 18.3 Å². The van der Waals surface area contributed by atoms with Crippen molar-refractivity contribution in [2.24, 2.45) is 0 Å². The molecule has 0 bridgehead atoms. The van der Waals surface area contributed by atoms with Crippen molar-refractivity contribution in [1.29, 1.82) is 0 Å². The Balaban J connectivity index is 2.05. The number of fused-ring (bicyclic) bond motifs is 6. The number of carbonyl (C=O) groups is 1. The van der Waals surface area contributed by atoms with Crippen molar-refractivity contribution in [3.8, 4) is 23.0 Å². The first-order chi connectivity index (χ1) is 15.4. The average molecular weight is 973 g/mol. The molecule has 1 unspecified atom stereocenters. The van der Waals surface area contributed by atoms with Gasteiger partial charge < -0.3 is 19.7 Å². The number of esters is 1. The molecule has 1 N–H and O–H groups in total. The molecule has 2 heterocycles. The van der Waals surface area contributed by atoms with E-state index in [1.807, 2.05) is 90.4 Å². The molecule has 0 saturated carbocycles. The summed E-state index contributed by atoms with van der Waals surface area (Å²) < 4.78 is 13.8. The van der Waals surface area contributed by atoms with E-state index in [9.17, 15) is 15.0 Å². The molecule has 5 rings (SSSR count). The largest absolute Gasteiger partial charge is 0.871 e. The van der Waals surface area contributed by atoms with Gasteiger partial charge in [-0.15, -0.1) is 0 Å². The second kappa shape index (κ2) is 8.58. The van der Waals surface area contributed by atoms with Gasteiger partial charge >= 0.3 is 5.97 Å². The fourth-order valence-corrected chi connectivity index (χ4v) is 8.56. The van der Waals surface area contributed by atoms with Crippen LogP contribution in [0.25, 0.3) is 0 Å². The Bertz CT molecular complexity index is 1400. The normalized spacial score (nSPS) is 18.0. The zero-order valence-corrected chi connectivity index (χ0v) is 26.9. The minimum atomic E-state index is -1.65. The van der Waals surface area contributed by atoms with E-state index in [2.05, 4.69) is 0 Å². The van der Waals surface area contributed by atoms with Gasteiger partial charge in [-0.1, -0.05) is 52.2 Å². The molecule has 0 saturated heterocycles. The van der Waals surface area contributed by atoms with E-state index in [1.165, 1.54) is 0 Å². The van der Waals surface area contributed by atoms with Gasteiger partial charge in [-0.25, -0.2) is 4.79 Å². The summed E-state index contributed by atoms with van der Waals surface area (Å²) in [5.41, 5.74) is -0.698. The van der Waals surface area contributed by atoms with Crippen LogP contribution in [0.2, 0.25) is 20.1 Å². The second-order valence-corrected chi connectivity index (χ2v) is 12.9. The monoisotopic (exact) mass is 970 g/mol. The summed E-state index contributed by atoms with van der Waals surface area (Å²) >= 11 is 33.5. The smallest absolute Gasteiger partial charge is 0.341 e. The van der Waals surface area contributed by atoms with Gasteiger partial charge in [-0.2, -0.15) is 0 Å². The van der Waals surface area contributed by atoms with Crippen molar-refractivity contribution < 1.29 is 24.5 Å². The molecule has 33 heavy (non-hydrogen) atoms. The Morgan fingerprint density at radius 3 is 2.03 bits per heavy atom. The fraction of sp³-hybridized carbons (Fsp3) is 0.0500. The summed E-state index contributed by atoms with van der Waals surface area (Å²) in [4.78, 5) is 13.2. The van der Waals surface area contributed by atoms with E-state index in [0.29, 0.717) is 21.8 Å². The molecule has 5 nitrogen and oxygen atoms in total. The number of phenolic OH excluding ortho intramolecular Hbond substituents is 1. The third-order valence-electron chi connectivity index (χ3n) is 5.31. The van der Waals surface area contributed by atoms with Gasteiger partial charge in [-0.05, 0) is 102 Å². The highest BCUT2D eigenvalue weighted by Gasteiger charge is 2.57. The number of hydrogen-bond acceptors (Lipinski definition) is 5. The number of rotatable bonds is 0. The second-order valence-electron chi connectivity index (χ2n) is 6.95. The van der Waals surface area contributed by atoms with Crippen molar-refractivity contribution in [1.82, 2.24) is 0 Å². The standard InChI is InChI=1S/C20H4Cl4I4O5/c21-9-7-8(10(22)12(24)11(9)23)20(33-19(7)31)3-1-5(25)15(29)13(27)17(3)32-18-4(20)2-6(26)16(30)14(18)28/h1-2,29-30H/p-1. The van der Waals surface area contributed by atoms with Crippen LogP contribution in [-0.2, 0) is 10.3 Å². The Labute approximate surface area is 261 Å². The van der Waals surface area contributed by atoms with E-state index < -0.39 is 11.6 Å². The van der Waals surface area contributed by atoms with Crippen molar-refractivity contribution >= 4 is 143 Å². The molecule has 0 aliphatic carbocycles. The predicted molar refractivity (Wildman–Crippen MR) is 157 cm³/mol. The molecule has 3 aromatic carbocycles. The van der Waals surface area contributed by atoms with Crippen LogP contribution in [0.3, 0.4) is 0 Å². The molecule has 3 aromatic rings. The van der Waals surface area contributed by atoms with Crippen LogP contribution >= 0.6 is 137 Å².